The summed E-state index contributed by atoms with van der Waals surface area (Å²) in [5.74, 6) is -0.625. The molecule has 1 aliphatic carbocycles. The van der Waals surface area contributed by atoms with Gasteiger partial charge in [0.25, 0.3) is 5.91 Å². The number of nitrogens with two attached hydrogens (primary N) is 1. The molecule has 3 aromatic heterocycles. The first-order valence-corrected chi connectivity index (χ1v) is 9.45. The molecule has 0 aromatic carbocycles. The van der Waals surface area contributed by atoms with E-state index in [0.29, 0.717) is 22.4 Å². The SMILES string of the molecule is N=Cc1c(-c2cnc(CNC(=O)c3cc4c([nH]3)CCCC4)c(F)c2)ccnc1N. The molecule has 0 saturated carbocycles. The third-order valence-electron chi connectivity index (χ3n) is 5.17. The van der Waals surface area contributed by atoms with Crippen LogP contribution in [0.4, 0.5) is 10.2 Å². The molecule has 0 saturated heterocycles. The number of carbonyl (C=O) groups is 1. The average molecular weight is 392 g/mol. The van der Waals surface area contributed by atoms with E-state index >= 15 is 0 Å². The topological polar surface area (TPSA) is 121 Å². The van der Waals surface area contributed by atoms with Crippen molar-refractivity contribution in [3.8, 4) is 11.1 Å². The Labute approximate surface area is 167 Å². The van der Waals surface area contributed by atoms with Gasteiger partial charge in [0, 0.05) is 35.4 Å². The second-order valence-electron chi connectivity index (χ2n) is 7.03. The van der Waals surface area contributed by atoms with E-state index in [4.69, 9.17) is 11.1 Å². The third kappa shape index (κ3) is 3.73. The molecule has 0 atom stereocenters. The van der Waals surface area contributed by atoms with Crippen LogP contribution >= 0.6 is 0 Å². The van der Waals surface area contributed by atoms with E-state index in [0.717, 1.165) is 37.6 Å². The number of carbonyl (C=O) groups excluding carboxylic acids is 1. The average Bonchev–Trinajstić information content (AvgIpc) is 3.17. The number of hydrogen-bond donors (Lipinski definition) is 4. The van der Waals surface area contributed by atoms with Crippen LogP contribution in [0.3, 0.4) is 0 Å². The monoisotopic (exact) mass is 392 g/mol. The Balaban J connectivity index is 1.49. The van der Waals surface area contributed by atoms with Gasteiger partial charge in [-0.15, -0.1) is 0 Å². The quantitative estimate of drug-likeness (QED) is 0.499. The van der Waals surface area contributed by atoms with Crippen LogP contribution in [-0.2, 0) is 19.4 Å². The molecule has 0 spiro atoms. The molecule has 0 fully saturated rings. The Morgan fingerprint density at radius 1 is 1.31 bits per heavy atom. The van der Waals surface area contributed by atoms with Gasteiger partial charge in [0.2, 0.25) is 0 Å². The van der Waals surface area contributed by atoms with E-state index in [9.17, 15) is 9.18 Å². The number of aromatic amines is 1. The fourth-order valence-electron chi connectivity index (χ4n) is 3.62. The van der Waals surface area contributed by atoms with Crippen LogP contribution in [0.1, 0.15) is 45.8 Å². The number of aromatic nitrogens is 3. The molecule has 29 heavy (non-hydrogen) atoms. The smallest absolute Gasteiger partial charge is 0.268 e. The lowest BCUT2D eigenvalue weighted by Crippen LogP contribution is -2.24. The molecule has 0 radical (unpaired) electrons. The van der Waals surface area contributed by atoms with Crippen LogP contribution in [0.15, 0.2) is 30.6 Å². The number of halogens is 1. The fourth-order valence-corrected chi connectivity index (χ4v) is 3.62. The number of rotatable bonds is 5. The highest BCUT2D eigenvalue weighted by Gasteiger charge is 2.17. The van der Waals surface area contributed by atoms with E-state index in [1.807, 2.05) is 6.07 Å². The summed E-state index contributed by atoms with van der Waals surface area (Å²) < 4.78 is 14.6. The highest BCUT2D eigenvalue weighted by Crippen LogP contribution is 2.26. The van der Waals surface area contributed by atoms with Crippen molar-refractivity contribution in [3.63, 3.8) is 0 Å². The molecular weight excluding hydrogens is 371 g/mol. The first kappa shape index (κ1) is 18.8. The Kier molecular flexibility index (Phi) is 5.07. The maximum atomic E-state index is 14.6. The third-order valence-corrected chi connectivity index (χ3v) is 5.17. The summed E-state index contributed by atoms with van der Waals surface area (Å²) in [5, 5.41) is 10.2. The molecule has 7 nitrogen and oxygen atoms in total. The van der Waals surface area contributed by atoms with Crippen molar-refractivity contribution in [2.75, 3.05) is 5.73 Å². The number of H-pyrrole nitrogens is 1. The first-order chi connectivity index (χ1) is 14.1. The number of hydrogen-bond acceptors (Lipinski definition) is 5. The summed E-state index contributed by atoms with van der Waals surface area (Å²) >= 11 is 0. The highest BCUT2D eigenvalue weighted by atomic mass is 19.1. The van der Waals surface area contributed by atoms with Gasteiger partial charge in [-0.2, -0.15) is 0 Å². The maximum absolute atomic E-state index is 14.6. The zero-order valence-corrected chi connectivity index (χ0v) is 15.8. The Morgan fingerprint density at radius 3 is 2.90 bits per heavy atom. The number of pyridine rings is 2. The second kappa shape index (κ2) is 7.83. The maximum Gasteiger partial charge on any atom is 0.268 e. The number of nitrogen functional groups attached to an aromatic ring is 1. The summed E-state index contributed by atoms with van der Waals surface area (Å²) in [5.41, 5.74) is 10.2. The lowest BCUT2D eigenvalue weighted by molar-refractivity contribution is 0.0945. The van der Waals surface area contributed by atoms with E-state index < -0.39 is 5.82 Å². The summed E-state index contributed by atoms with van der Waals surface area (Å²) in [4.78, 5) is 23.7. The largest absolute Gasteiger partial charge is 0.383 e. The first-order valence-electron chi connectivity index (χ1n) is 9.45. The molecule has 1 amide bonds. The zero-order valence-electron chi connectivity index (χ0n) is 15.8. The minimum absolute atomic E-state index is 0.0233. The molecule has 3 aromatic rings. The van der Waals surface area contributed by atoms with E-state index in [1.165, 1.54) is 24.0 Å². The summed E-state index contributed by atoms with van der Waals surface area (Å²) in [7, 11) is 0. The van der Waals surface area contributed by atoms with Crippen LogP contribution in [0.25, 0.3) is 11.1 Å². The van der Waals surface area contributed by atoms with Crippen LogP contribution in [-0.4, -0.2) is 27.1 Å². The van der Waals surface area contributed by atoms with E-state index in [-0.39, 0.29) is 24.0 Å². The van der Waals surface area contributed by atoms with Crippen molar-refractivity contribution in [3.05, 3.63) is 64.6 Å². The van der Waals surface area contributed by atoms with Crippen LogP contribution < -0.4 is 11.1 Å². The zero-order chi connectivity index (χ0) is 20.4. The number of fused-ring (bicyclic) bond motifs is 1. The number of amides is 1. The van der Waals surface area contributed by atoms with Crippen molar-refractivity contribution in [1.29, 1.82) is 5.41 Å². The lowest BCUT2D eigenvalue weighted by atomic mass is 9.98. The number of anilines is 1. The van der Waals surface area contributed by atoms with E-state index in [1.54, 1.807) is 6.07 Å². The molecule has 5 N–H and O–H groups in total. The van der Waals surface area contributed by atoms with E-state index in [2.05, 4.69) is 20.3 Å². The van der Waals surface area contributed by atoms with Gasteiger partial charge < -0.3 is 21.4 Å². The van der Waals surface area contributed by atoms with Crippen LogP contribution in [0.2, 0.25) is 0 Å². The van der Waals surface area contributed by atoms with Crippen molar-refractivity contribution in [2.45, 2.75) is 32.2 Å². The minimum atomic E-state index is -0.542. The molecule has 4 rings (SSSR count). The minimum Gasteiger partial charge on any atom is -0.383 e. The van der Waals surface area contributed by atoms with Gasteiger partial charge >= 0.3 is 0 Å². The van der Waals surface area contributed by atoms with Crippen molar-refractivity contribution >= 4 is 17.9 Å². The molecule has 0 unspecified atom stereocenters. The predicted octanol–water partition coefficient (Wildman–Crippen LogP) is 3.00. The molecular formula is C21H21FN6O. The van der Waals surface area contributed by atoms with Gasteiger partial charge in [0.1, 0.15) is 17.3 Å². The Hall–Kier alpha value is -3.55. The van der Waals surface area contributed by atoms with Gasteiger partial charge in [-0.05, 0) is 55.0 Å². The number of nitrogens with one attached hydrogen (secondary N) is 3. The highest BCUT2D eigenvalue weighted by molar-refractivity contribution is 5.94. The lowest BCUT2D eigenvalue weighted by Gasteiger charge is -2.10. The second-order valence-corrected chi connectivity index (χ2v) is 7.03. The van der Waals surface area contributed by atoms with Crippen molar-refractivity contribution in [1.82, 2.24) is 20.3 Å². The fraction of sp³-hybridized carbons (Fsp3) is 0.238. The standard InChI is InChI=1S/C21H21FN6O/c22-16-7-13(14-5-6-25-20(24)15(14)9-23)10-26-19(16)11-27-21(29)18-8-12-3-1-2-4-17(12)28-18/h5-10,23,28H,1-4,11H2,(H2,24,25)(H,27,29). The van der Waals surface area contributed by atoms with Gasteiger partial charge in [-0.1, -0.05) is 0 Å². The van der Waals surface area contributed by atoms with Crippen molar-refractivity contribution in [2.24, 2.45) is 0 Å². The molecule has 0 bridgehead atoms. The molecule has 148 valence electrons. The summed E-state index contributed by atoms with van der Waals surface area (Å²) in [6.07, 6.45) is 8.28. The number of nitrogens with zero attached hydrogens (tertiary/aromatic N) is 2. The van der Waals surface area contributed by atoms with Gasteiger partial charge in [0.15, 0.2) is 0 Å². The summed E-state index contributed by atoms with van der Waals surface area (Å²) in [6, 6.07) is 4.86. The normalized spacial score (nSPS) is 13.0. The summed E-state index contributed by atoms with van der Waals surface area (Å²) in [6.45, 7) is -0.0233. The van der Waals surface area contributed by atoms with Gasteiger partial charge in [-0.3, -0.25) is 9.78 Å². The Morgan fingerprint density at radius 2 is 2.14 bits per heavy atom. The van der Waals surface area contributed by atoms with Crippen LogP contribution in [0.5, 0.6) is 0 Å². The van der Waals surface area contributed by atoms with Crippen LogP contribution in [0, 0.1) is 11.2 Å². The molecule has 8 heteroatoms. The Bertz CT molecular complexity index is 1070. The molecule has 0 aliphatic heterocycles. The number of aryl methyl sites for hydroxylation is 2. The van der Waals surface area contributed by atoms with Crippen molar-refractivity contribution < 1.29 is 9.18 Å². The molecule has 3 heterocycles. The van der Waals surface area contributed by atoms with Gasteiger partial charge in [-0.25, -0.2) is 9.37 Å². The predicted molar refractivity (Wildman–Crippen MR) is 108 cm³/mol. The van der Waals surface area contributed by atoms with Gasteiger partial charge in [0.05, 0.1) is 12.2 Å². The molecule has 1 aliphatic rings.